The monoisotopic (exact) mass is 301 g/mol. The van der Waals surface area contributed by atoms with Crippen LogP contribution in [0.2, 0.25) is 5.02 Å². The van der Waals surface area contributed by atoms with Gasteiger partial charge in [-0.25, -0.2) is 0 Å². The van der Waals surface area contributed by atoms with Gasteiger partial charge in [-0.3, -0.25) is 4.79 Å². The zero-order chi connectivity index (χ0) is 15.0. The highest BCUT2D eigenvalue weighted by Gasteiger charge is 2.25. The van der Waals surface area contributed by atoms with Crippen LogP contribution in [0.15, 0.2) is 42.5 Å². The van der Waals surface area contributed by atoms with E-state index >= 15 is 0 Å². The van der Waals surface area contributed by atoms with Crippen molar-refractivity contribution in [1.82, 2.24) is 0 Å². The van der Waals surface area contributed by atoms with E-state index in [-0.39, 0.29) is 5.91 Å². The van der Waals surface area contributed by atoms with Gasteiger partial charge in [0, 0.05) is 25.7 Å². The van der Waals surface area contributed by atoms with E-state index in [0.29, 0.717) is 22.8 Å². The highest BCUT2D eigenvalue weighted by Crippen LogP contribution is 2.33. The molecule has 0 atom stereocenters. The molecule has 108 valence electrons. The first-order valence-electron chi connectivity index (χ1n) is 6.75. The third-order valence-corrected chi connectivity index (χ3v) is 4.06. The molecule has 1 aliphatic rings. The Morgan fingerprint density at radius 3 is 2.57 bits per heavy atom. The number of rotatable bonds is 1. The summed E-state index contributed by atoms with van der Waals surface area (Å²) in [6, 6.07) is 12.9. The van der Waals surface area contributed by atoms with Crippen molar-refractivity contribution in [3.05, 3.63) is 53.1 Å². The second-order valence-electron chi connectivity index (χ2n) is 5.10. The number of carbonyl (C=O) groups excluding carboxylic acids is 1. The predicted molar refractivity (Wildman–Crippen MR) is 87.3 cm³/mol. The molecule has 0 saturated heterocycles. The first kappa shape index (κ1) is 13.8. The Kier molecular flexibility index (Phi) is 3.47. The summed E-state index contributed by atoms with van der Waals surface area (Å²) in [6.45, 7) is 1.44. The summed E-state index contributed by atoms with van der Waals surface area (Å²) in [5, 5.41) is 0.406. The number of likely N-dealkylation sites (N-methyl/N-ethyl adjacent to an activating group) is 1. The molecule has 0 saturated carbocycles. The lowest BCUT2D eigenvalue weighted by Crippen LogP contribution is -2.42. The van der Waals surface area contributed by atoms with Gasteiger partial charge in [0.25, 0.3) is 5.91 Å². The lowest BCUT2D eigenvalue weighted by Gasteiger charge is -2.35. The Hall–Kier alpha value is -2.20. The molecule has 0 fully saturated rings. The topological polar surface area (TPSA) is 49.6 Å². The Labute approximate surface area is 128 Å². The van der Waals surface area contributed by atoms with E-state index in [9.17, 15) is 4.79 Å². The molecular weight excluding hydrogens is 286 g/mol. The second kappa shape index (κ2) is 5.30. The maximum atomic E-state index is 12.7. The van der Waals surface area contributed by atoms with E-state index in [1.807, 2.05) is 31.3 Å². The molecule has 4 nitrogen and oxygen atoms in total. The molecule has 0 radical (unpaired) electrons. The van der Waals surface area contributed by atoms with Gasteiger partial charge in [-0.15, -0.1) is 0 Å². The number of amides is 1. The van der Waals surface area contributed by atoms with E-state index in [1.165, 1.54) is 0 Å². The molecule has 21 heavy (non-hydrogen) atoms. The number of nitrogens with zero attached hydrogens (tertiary/aromatic N) is 2. The molecule has 2 aromatic rings. The van der Waals surface area contributed by atoms with Crippen LogP contribution >= 0.6 is 11.6 Å². The van der Waals surface area contributed by atoms with Gasteiger partial charge in [-0.1, -0.05) is 23.7 Å². The molecule has 1 heterocycles. The normalized spacial score (nSPS) is 14.0. The smallest absolute Gasteiger partial charge is 0.258 e. The summed E-state index contributed by atoms with van der Waals surface area (Å²) >= 11 is 6.02. The molecule has 1 aliphatic heterocycles. The molecule has 0 bridgehead atoms. The summed E-state index contributed by atoms with van der Waals surface area (Å²) in [6.07, 6.45) is 0. The summed E-state index contributed by atoms with van der Waals surface area (Å²) in [5.41, 5.74) is 8.70. The van der Waals surface area contributed by atoms with Crippen molar-refractivity contribution in [1.29, 1.82) is 0 Å². The van der Waals surface area contributed by atoms with E-state index in [0.717, 1.165) is 17.9 Å². The SMILES string of the molecule is CN1CCN(C(=O)c2ccc(N)c(Cl)c2)c2ccccc21. The molecule has 2 aromatic carbocycles. The zero-order valence-electron chi connectivity index (χ0n) is 11.7. The molecule has 1 amide bonds. The lowest BCUT2D eigenvalue weighted by atomic mass is 10.1. The number of anilines is 3. The van der Waals surface area contributed by atoms with E-state index < -0.39 is 0 Å². The van der Waals surface area contributed by atoms with Crippen molar-refractivity contribution < 1.29 is 4.79 Å². The van der Waals surface area contributed by atoms with Gasteiger partial charge in [0.15, 0.2) is 0 Å². The number of fused-ring (bicyclic) bond motifs is 1. The van der Waals surface area contributed by atoms with Crippen LogP contribution in [0.1, 0.15) is 10.4 Å². The minimum atomic E-state index is -0.0579. The molecule has 0 spiro atoms. The van der Waals surface area contributed by atoms with Crippen LogP contribution in [0.3, 0.4) is 0 Å². The number of hydrogen-bond donors (Lipinski definition) is 1. The number of nitrogens with two attached hydrogens (primary N) is 1. The molecular formula is C16H16ClN3O. The highest BCUT2D eigenvalue weighted by atomic mass is 35.5. The molecule has 2 N–H and O–H groups in total. The maximum absolute atomic E-state index is 12.7. The number of nitrogen functional groups attached to an aromatic ring is 1. The van der Waals surface area contributed by atoms with Crippen LogP contribution < -0.4 is 15.5 Å². The summed E-state index contributed by atoms with van der Waals surface area (Å²) in [4.78, 5) is 16.7. The van der Waals surface area contributed by atoms with Crippen LogP contribution in [-0.4, -0.2) is 26.0 Å². The fraction of sp³-hybridized carbons (Fsp3) is 0.188. The fourth-order valence-electron chi connectivity index (χ4n) is 2.53. The van der Waals surface area contributed by atoms with Crippen LogP contribution in [0.25, 0.3) is 0 Å². The van der Waals surface area contributed by atoms with Crippen molar-refractivity contribution in [2.75, 3.05) is 35.7 Å². The van der Waals surface area contributed by atoms with Crippen molar-refractivity contribution in [2.24, 2.45) is 0 Å². The van der Waals surface area contributed by atoms with Gasteiger partial charge < -0.3 is 15.5 Å². The van der Waals surface area contributed by atoms with Crippen LogP contribution in [0, 0.1) is 0 Å². The van der Waals surface area contributed by atoms with E-state index in [4.69, 9.17) is 17.3 Å². The van der Waals surface area contributed by atoms with Crippen molar-refractivity contribution in [3.63, 3.8) is 0 Å². The van der Waals surface area contributed by atoms with Crippen LogP contribution in [0.5, 0.6) is 0 Å². The van der Waals surface area contributed by atoms with Gasteiger partial charge in [-0.2, -0.15) is 0 Å². The van der Waals surface area contributed by atoms with Gasteiger partial charge in [-0.05, 0) is 30.3 Å². The highest BCUT2D eigenvalue weighted by molar-refractivity contribution is 6.33. The van der Waals surface area contributed by atoms with Crippen molar-refractivity contribution in [3.8, 4) is 0 Å². The average Bonchev–Trinajstić information content (AvgIpc) is 2.50. The fourth-order valence-corrected chi connectivity index (χ4v) is 2.71. The molecule has 0 aliphatic carbocycles. The average molecular weight is 302 g/mol. The van der Waals surface area contributed by atoms with Crippen LogP contribution in [0.4, 0.5) is 17.1 Å². The summed E-state index contributed by atoms with van der Waals surface area (Å²) in [5.74, 6) is -0.0579. The second-order valence-corrected chi connectivity index (χ2v) is 5.51. The molecule has 3 rings (SSSR count). The number of para-hydroxylation sites is 2. The number of halogens is 1. The largest absolute Gasteiger partial charge is 0.398 e. The standard InChI is InChI=1S/C16H16ClN3O/c1-19-8-9-20(15-5-3-2-4-14(15)19)16(21)11-6-7-13(18)12(17)10-11/h2-7,10H,8-9,18H2,1H3. The zero-order valence-corrected chi connectivity index (χ0v) is 12.5. The number of carbonyl (C=O) groups is 1. The quantitative estimate of drug-likeness (QED) is 0.824. The van der Waals surface area contributed by atoms with Crippen LogP contribution in [-0.2, 0) is 0 Å². The molecule has 0 aromatic heterocycles. The third kappa shape index (κ3) is 2.43. The molecule has 5 heteroatoms. The minimum absolute atomic E-state index is 0.0579. The first-order chi connectivity index (χ1) is 10.1. The summed E-state index contributed by atoms with van der Waals surface area (Å²) < 4.78 is 0. The predicted octanol–water partition coefficient (Wildman–Crippen LogP) is 3.02. The third-order valence-electron chi connectivity index (χ3n) is 3.74. The Balaban J connectivity index is 1.99. The lowest BCUT2D eigenvalue weighted by molar-refractivity contribution is 0.0987. The first-order valence-corrected chi connectivity index (χ1v) is 7.13. The summed E-state index contributed by atoms with van der Waals surface area (Å²) in [7, 11) is 2.03. The van der Waals surface area contributed by atoms with Gasteiger partial charge in [0.2, 0.25) is 0 Å². The van der Waals surface area contributed by atoms with Gasteiger partial charge >= 0.3 is 0 Å². The van der Waals surface area contributed by atoms with Crippen molar-refractivity contribution >= 4 is 34.6 Å². The number of benzene rings is 2. The van der Waals surface area contributed by atoms with Crippen molar-refractivity contribution in [2.45, 2.75) is 0 Å². The van der Waals surface area contributed by atoms with E-state index in [1.54, 1.807) is 23.1 Å². The van der Waals surface area contributed by atoms with E-state index in [2.05, 4.69) is 4.90 Å². The Morgan fingerprint density at radius 1 is 1.14 bits per heavy atom. The number of hydrogen-bond acceptors (Lipinski definition) is 3. The minimum Gasteiger partial charge on any atom is -0.398 e. The van der Waals surface area contributed by atoms with Gasteiger partial charge in [0.1, 0.15) is 0 Å². The maximum Gasteiger partial charge on any atom is 0.258 e. The van der Waals surface area contributed by atoms with Gasteiger partial charge in [0.05, 0.1) is 22.1 Å². The molecule has 0 unspecified atom stereocenters. The Bertz CT molecular complexity index is 702. The Morgan fingerprint density at radius 2 is 1.86 bits per heavy atom.